The van der Waals surface area contributed by atoms with Crippen molar-refractivity contribution < 1.29 is 9.13 Å². The van der Waals surface area contributed by atoms with Crippen LogP contribution in [0.2, 0.25) is 0 Å². The van der Waals surface area contributed by atoms with Crippen LogP contribution in [-0.4, -0.2) is 12.1 Å². The maximum Gasteiger partial charge on any atom is 0.224 e. The average molecular weight is 219 g/mol. The number of nitrogens with zero attached hydrogens (tertiary/aromatic N) is 1. The minimum atomic E-state index is -0.288. The molecule has 0 N–H and O–H groups in total. The Kier molecular flexibility index (Phi) is 2.77. The van der Waals surface area contributed by atoms with Crippen LogP contribution in [0.5, 0.6) is 5.88 Å². The van der Waals surface area contributed by atoms with Gasteiger partial charge in [0.05, 0.1) is 12.5 Å². The molecule has 0 aliphatic carbocycles. The van der Waals surface area contributed by atoms with Crippen LogP contribution in [-0.2, 0) is 0 Å². The van der Waals surface area contributed by atoms with Crippen LogP contribution < -0.4 is 4.74 Å². The lowest BCUT2D eigenvalue weighted by molar-refractivity contribution is 0.401. The Balaban J connectivity index is 2.85. The van der Waals surface area contributed by atoms with Gasteiger partial charge >= 0.3 is 0 Å². The number of methoxy groups -OCH3 is 1. The monoisotopic (exact) mass is 219 g/mol. The zero-order valence-corrected chi connectivity index (χ0v) is 9.62. The molecule has 2 rings (SSSR count). The van der Waals surface area contributed by atoms with Crippen LogP contribution in [0, 0.1) is 5.82 Å². The highest BCUT2D eigenvalue weighted by molar-refractivity contribution is 5.90. The van der Waals surface area contributed by atoms with Gasteiger partial charge in [0, 0.05) is 6.20 Å². The minimum absolute atomic E-state index is 0.288. The lowest BCUT2D eigenvalue weighted by atomic mass is 9.97. The normalized spacial score (nSPS) is 11.1. The molecule has 1 heterocycles. The van der Waals surface area contributed by atoms with E-state index in [0.29, 0.717) is 17.2 Å². The van der Waals surface area contributed by atoms with Crippen molar-refractivity contribution in [1.29, 1.82) is 0 Å². The van der Waals surface area contributed by atoms with Crippen molar-refractivity contribution in [3.8, 4) is 5.88 Å². The highest BCUT2D eigenvalue weighted by Gasteiger charge is 2.13. The molecule has 0 amide bonds. The van der Waals surface area contributed by atoms with E-state index in [-0.39, 0.29) is 5.82 Å². The summed E-state index contributed by atoms with van der Waals surface area (Å²) in [4.78, 5) is 4.02. The number of aromatic nitrogens is 1. The second-order valence-corrected chi connectivity index (χ2v) is 4.03. The number of hydrogen-bond acceptors (Lipinski definition) is 2. The van der Waals surface area contributed by atoms with E-state index in [4.69, 9.17) is 4.74 Å². The number of ether oxygens (including phenoxy) is 1. The van der Waals surface area contributed by atoms with Gasteiger partial charge in [0.25, 0.3) is 0 Å². The summed E-state index contributed by atoms with van der Waals surface area (Å²) in [6.07, 6.45) is 1.65. The lowest BCUT2D eigenvalue weighted by Gasteiger charge is -2.12. The highest BCUT2D eigenvalue weighted by atomic mass is 19.1. The molecular weight excluding hydrogens is 205 g/mol. The Morgan fingerprint density at radius 2 is 2.00 bits per heavy atom. The fourth-order valence-electron chi connectivity index (χ4n) is 1.91. The second kappa shape index (κ2) is 4.08. The van der Waals surface area contributed by atoms with E-state index in [1.165, 1.54) is 13.2 Å². The molecule has 1 aromatic heterocycles. The maximum absolute atomic E-state index is 13.8. The first-order valence-electron chi connectivity index (χ1n) is 5.26. The number of pyridine rings is 1. The van der Waals surface area contributed by atoms with E-state index in [9.17, 15) is 4.39 Å². The van der Waals surface area contributed by atoms with Gasteiger partial charge in [0.1, 0.15) is 5.82 Å². The summed E-state index contributed by atoms with van der Waals surface area (Å²) < 4.78 is 18.8. The van der Waals surface area contributed by atoms with Crippen molar-refractivity contribution in [3.05, 3.63) is 35.8 Å². The molecule has 1 aromatic carbocycles. The molecule has 0 fully saturated rings. The Bertz CT molecular complexity index is 523. The summed E-state index contributed by atoms with van der Waals surface area (Å²) in [6.45, 7) is 4.17. The molecule has 0 bridgehead atoms. The summed E-state index contributed by atoms with van der Waals surface area (Å²) >= 11 is 0. The Morgan fingerprint density at radius 1 is 1.25 bits per heavy atom. The standard InChI is InChI=1S/C13H14FNO/c1-8(2)9-4-5-11(14)12-10(9)6-7-15-13(12)16-3/h4-8H,1-3H3. The maximum atomic E-state index is 13.8. The van der Waals surface area contributed by atoms with Gasteiger partial charge in [-0.15, -0.1) is 0 Å². The van der Waals surface area contributed by atoms with Crippen LogP contribution in [0.25, 0.3) is 10.8 Å². The summed E-state index contributed by atoms with van der Waals surface area (Å²) in [5.41, 5.74) is 1.11. The van der Waals surface area contributed by atoms with Crippen LogP contribution in [0.15, 0.2) is 24.4 Å². The van der Waals surface area contributed by atoms with E-state index in [2.05, 4.69) is 18.8 Å². The van der Waals surface area contributed by atoms with Gasteiger partial charge < -0.3 is 4.74 Å². The number of fused-ring (bicyclic) bond motifs is 1. The lowest BCUT2D eigenvalue weighted by Crippen LogP contribution is -1.96. The Morgan fingerprint density at radius 3 is 2.62 bits per heavy atom. The van der Waals surface area contributed by atoms with E-state index in [0.717, 1.165) is 10.9 Å². The third-order valence-electron chi connectivity index (χ3n) is 2.69. The van der Waals surface area contributed by atoms with E-state index in [1.807, 2.05) is 12.1 Å². The summed E-state index contributed by atoms with van der Waals surface area (Å²) in [6, 6.07) is 5.12. The third kappa shape index (κ3) is 1.62. The average Bonchev–Trinajstić information content (AvgIpc) is 2.28. The first kappa shape index (κ1) is 10.9. The number of hydrogen-bond donors (Lipinski definition) is 0. The topological polar surface area (TPSA) is 22.1 Å². The second-order valence-electron chi connectivity index (χ2n) is 4.03. The summed E-state index contributed by atoms with van der Waals surface area (Å²) in [5, 5.41) is 1.35. The fraction of sp³-hybridized carbons (Fsp3) is 0.308. The molecule has 0 aliphatic rings. The first-order valence-corrected chi connectivity index (χ1v) is 5.26. The smallest absolute Gasteiger partial charge is 0.224 e. The van der Waals surface area contributed by atoms with E-state index in [1.54, 1.807) is 6.20 Å². The third-order valence-corrected chi connectivity index (χ3v) is 2.69. The zero-order chi connectivity index (χ0) is 11.7. The van der Waals surface area contributed by atoms with E-state index >= 15 is 0 Å². The van der Waals surface area contributed by atoms with Crippen LogP contribution >= 0.6 is 0 Å². The number of halogens is 1. The summed E-state index contributed by atoms with van der Waals surface area (Å²) in [5.74, 6) is 0.400. The van der Waals surface area contributed by atoms with Crippen molar-refractivity contribution in [2.75, 3.05) is 7.11 Å². The molecule has 84 valence electrons. The minimum Gasteiger partial charge on any atom is -0.480 e. The van der Waals surface area contributed by atoms with Crippen molar-refractivity contribution >= 4 is 10.8 Å². The van der Waals surface area contributed by atoms with Gasteiger partial charge in [0.2, 0.25) is 5.88 Å². The molecule has 2 aromatic rings. The first-order chi connectivity index (χ1) is 7.65. The highest BCUT2D eigenvalue weighted by Crippen LogP contribution is 2.31. The van der Waals surface area contributed by atoms with Crippen molar-refractivity contribution in [1.82, 2.24) is 4.98 Å². The largest absolute Gasteiger partial charge is 0.480 e. The predicted molar refractivity (Wildman–Crippen MR) is 62.3 cm³/mol. The molecule has 0 atom stereocenters. The molecule has 3 heteroatoms. The zero-order valence-electron chi connectivity index (χ0n) is 9.62. The molecule has 16 heavy (non-hydrogen) atoms. The van der Waals surface area contributed by atoms with Gasteiger partial charge in [-0.25, -0.2) is 9.37 Å². The van der Waals surface area contributed by atoms with Crippen molar-refractivity contribution in [3.63, 3.8) is 0 Å². The molecule has 2 nitrogen and oxygen atoms in total. The van der Waals surface area contributed by atoms with Crippen LogP contribution in [0.1, 0.15) is 25.3 Å². The van der Waals surface area contributed by atoms with Gasteiger partial charge in [0.15, 0.2) is 0 Å². The SMILES string of the molecule is COc1nccc2c(C(C)C)ccc(F)c12. The molecule has 0 unspecified atom stereocenters. The van der Waals surface area contributed by atoms with Crippen molar-refractivity contribution in [2.24, 2.45) is 0 Å². The molecular formula is C13H14FNO. The quantitative estimate of drug-likeness (QED) is 0.771. The molecule has 0 saturated heterocycles. The number of benzene rings is 1. The van der Waals surface area contributed by atoms with Crippen LogP contribution in [0.3, 0.4) is 0 Å². The van der Waals surface area contributed by atoms with Gasteiger partial charge in [-0.05, 0) is 29.0 Å². The molecule has 0 spiro atoms. The van der Waals surface area contributed by atoms with Gasteiger partial charge in [-0.2, -0.15) is 0 Å². The van der Waals surface area contributed by atoms with Crippen molar-refractivity contribution in [2.45, 2.75) is 19.8 Å². The van der Waals surface area contributed by atoms with Gasteiger partial charge in [-0.3, -0.25) is 0 Å². The van der Waals surface area contributed by atoms with Crippen LogP contribution in [0.4, 0.5) is 4.39 Å². The molecule has 0 saturated carbocycles. The number of rotatable bonds is 2. The Hall–Kier alpha value is -1.64. The fourth-order valence-corrected chi connectivity index (χ4v) is 1.91. The predicted octanol–water partition coefficient (Wildman–Crippen LogP) is 3.51. The Labute approximate surface area is 94.1 Å². The summed E-state index contributed by atoms with van der Waals surface area (Å²) in [7, 11) is 1.50. The molecule has 0 radical (unpaired) electrons. The van der Waals surface area contributed by atoms with Gasteiger partial charge in [-0.1, -0.05) is 19.9 Å². The van der Waals surface area contributed by atoms with E-state index < -0.39 is 0 Å². The molecule has 0 aliphatic heterocycles.